The summed E-state index contributed by atoms with van der Waals surface area (Å²) in [7, 11) is 0. The fourth-order valence-corrected chi connectivity index (χ4v) is 2.45. The Morgan fingerprint density at radius 1 is 1.45 bits per heavy atom. The number of non-ortho nitro benzene ring substituents is 1. The molecule has 0 fully saturated rings. The average molecular weight is 341 g/mol. The molecule has 0 aliphatic heterocycles. The number of nitrogens with zero attached hydrogens (tertiary/aromatic N) is 1. The molecule has 0 aliphatic carbocycles. The Kier molecular flexibility index (Phi) is 3.84. The number of alkyl halides is 1. The SMILES string of the molecule is O=C(O)CC(Br)C(=O)c1c[nH]c2cccc([N+](=O)[O-])c12. The second kappa shape index (κ2) is 5.41. The van der Waals surface area contributed by atoms with Crippen molar-refractivity contribution in [1.82, 2.24) is 4.98 Å². The molecule has 104 valence electrons. The van der Waals surface area contributed by atoms with E-state index in [2.05, 4.69) is 20.9 Å². The molecule has 0 saturated heterocycles. The zero-order valence-corrected chi connectivity index (χ0v) is 11.6. The van der Waals surface area contributed by atoms with Gasteiger partial charge in [-0.25, -0.2) is 0 Å². The third-order valence-corrected chi connectivity index (χ3v) is 3.52. The number of hydrogen-bond donors (Lipinski definition) is 2. The molecular formula is C12H9BrN2O5. The van der Waals surface area contributed by atoms with Crippen LogP contribution in [0.5, 0.6) is 0 Å². The summed E-state index contributed by atoms with van der Waals surface area (Å²) in [5.74, 6) is -1.64. The van der Waals surface area contributed by atoms with Crippen LogP contribution in [0.3, 0.4) is 0 Å². The Bertz CT molecular complexity index is 709. The molecule has 1 unspecified atom stereocenters. The number of aromatic amines is 1. The van der Waals surface area contributed by atoms with Crippen molar-refractivity contribution in [1.29, 1.82) is 0 Å². The van der Waals surface area contributed by atoms with Crippen LogP contribution < -0.4 is 0 Å². The minimum atomic E-state index is -1.13. The van der Waals surface area contributed by atoms with Crippen LogP contribution in [0.2, 0.25) is 0 Å². The third kappa shape index (κ3) is 2.55. The van der Waals surface area contributed by atoms with Crippen LogP contribution in [0.15, 0.2) is 24.4 Å². The maximum absolute atomic E-state index is 12.2. The molecule has 8 heteroatoms. The highest BCUT2D eigenvalue weighted by Gasteiger charge is 2.26. The number of nitro benzene ring substituents is 1. The van der Waals surface area contributed by atoms with Crippen molar-refractivity contribution in [3.63, 3.8) is 0 Å². The third-order valence-electron chi connectivity index (χ3n) is 2.78. The summed E-state index contributed by atoms with van der Waals surface area (Å²) in [5, 5.41) is 19.9. The molecule has 1 atom stereocenters. The molecule has 2 rings (SSSR count). The summed E-state index contributed by atoms with van der Waals surface area (Å²) in [6.45, 7) is 0. The molecule has 1 aromatic heterocycles. The summed E-state index contributed by atoms with van der Waals surface area (Å²) in [5.41, 5.74) is 0.370. The van der Waals surface area contributed by atoms with Crippen LogP contribution in [0.4, 0.5) is 5.69 Å². The summed E-state index contributed by atoms with van der Waals surface area (Å²) >= 11 is 3.00. The van der Waals surface area contributed by atoms with Crippen molar-refractivity contribution in [3.8, 4) is 0 Å². The van der Waals surface area contributed by atoms with E-state index in [1.54, 1.807) is 6.07 Å². The lowest BCUT2D eigenvalue weighted by Gasteiger charge is -2.05. The number of nitro groups is 1. The zero-order valence-electron chi connectivity index (χ0n) is 10.00. The largest absolute Gasteiger partial charge is 0.481 e. The molecule has 0 radical (unpaired) electrons. The Morgan fingerprint density at radius 3 is 2.75 bits per heavy atom. The van der Waals surface area contributed by atoms with Gasteiger partial charge in [-0.2, -0.15) is 0 Å². The number of carboxylic acids is 1. The number of carbonyl (C=O) groups is 2. The Hall–Kier alpha value is -2.22. The lowest BCUT2D eigenvalue weighted by Crippen LogP contribution is -2.18. The van der Waals surface area contributed by atoms with Crippen molar-refractivity contribution in [3.05, 3.63) is 40.1 Å². The number of benzene rings is 1. The molecule has 0 aliphatic rings. The summed E-state index contributed by atoms with van der Waals surface area (Å²) in [4.78, 5) is 35.1. The number of nitrogens with one attached hydrogen (secondary N) is 1. The molecule has 1 heterocycles. The van der Waals surface area contributed by atoms with Crippen molar-refractivity contribution in [2.24, 2.45) is 0 Å². The average Bonchev–Trinajstić information content (AvgIpc) is 2.80. The van der Waals surface area contributed by atoms with E-state index in [0.29, 0.717) is 5.52 Å². The Balaban J connectivity index is 2.52. The minimum Gasteiger partial charge on any atom is -0.481 e. The van der Waals surface area contributed by atoms with Gasteiger partial charge in [0.05, 0.1) is 32.6 Å². The number of H-pyrrole nitrogens is 1. The summed E-state index contributed by atoms with van der Waals surface area (Å²) in [6.07, 6.45) is 0.961. The van der Waals surface area contributed by atoms with Gasteiger partial charge in [0.2, 0.25) is 0 Å². The first kappa shape index (κ1) is 14.2. The zero-order chi connectivity index (χ0) is 14.9. The fourth-order valence-electron chi connectivity index (χ4n) is 1.93. The second-order valence-electron chi connectivity index (χ2n) is 4.09. The standard InChI is InChI=1S/C12H9BrN2O5/c13-7(4-10(16)17)12(18)6-5-14-8-2-1-3-9(11(6)8)15(19)20/h1-3,5,7,14H,4H2,(H,16,17). The van der Waals surface area contributed by atoms with E-state index >= 15 is 0 Å². The maximum Gasteiger partial charge on any atom is 0.304 e. The lowest BCUT2D eigenvalue weighted by molar-refractivity contribution is -0.383. The fraction of sp³-hybridized carbons (Fsp3) is 0.167. The van der Waals surface area contributed by atoms with Gasteiger partial charge in [0.25, 0.3) is 5.69 Å². The number of halogens is 1. The number of Topliss-reactive ketones (excluding diaryl/α,β-unsaturated/α-hetero) is 1. The van der Waals surface area contributed by atoms with E-state index in [-0.39, 0.29) is 16.6 Å². The Morgan fingerprint density at radius 2 is 2.15 bits per heavy atom. The number of carboxylic acid groups (broad SMARTS) is 1. The van der Waals surface area contributed by atoms with Crippen LogP contribution in [-0.2, 0) is 4.79 Å². The molecular weight excluding hydrogens is 332 g/mol. The van der Waals surface area contributed by atoms with E-state index in [0.717, 1.165) is 0 Å². The number of aromatic nitrogens is 1. The molecule has 2 aromatic rings. The molecule has 1 aromatic carbocycles. The van der Waals surface area contributed by atoms with E-state index in [4.69, 9.17) is 5.11 Å². The van der Waals surface area contributed by atoms with Gasteiger partial charge >= 0.3 is 5.97 Å². The van der Waals surface area contributed by atoms with Crippen molar-refractivity contribution < 1.29 is 19.6 Å². The van der Waals surface area contributed by atoms with Gasteiger partial charge in [-0.05, 0) is 6.07 Å². The predicted octanol–water partition coefficient (Wildman–Crippen LogP) is 2.50. The van der Waals surface area contributed by atoms with Crippen molar-refractivity contribution >= 4 is 44.3 Å². The van der Waals surface area contributed by atoms with Gasteiger partial charge in [-0.1, -0.05) is 22.0 Å². The quantitative estimate of drug-likeness (QED) is 0.375. The normalized spacial score (nSPS) is 12.2. The van der Waals surface area contributed by atoms with Crippen molar-refractivity contribution in [2.45, 2.75) is 11.2 Å². The number of rotatable bonds is 5. The number of carbonyl (C=O) groups excluding carboxylic acids is 1. The highest BCUT2D eigenvalue weighted by atomic mass is 79.9. The smallest absolute Gasteiger partial charge is 0.304 e. The molecule has 2 N–H and O–H groups in total. The van der Waals surface area contributed by atoms with Gasteiger partial charge in [0.1, 0.15) is 0 Å². The van der Waals surface area contributed by atoms with Crippen LogP contribution in [0.25, 0.3) is 10.9 Å². The molecule has 7 nitrogen and oxygen atoms in total. The monoisotopic (exact) mass is 340 g/mol. The maximum atomic E-state index is 12.2. The first-order chi connectivity index (χ1) is 9.41. The van der Waals surface area contributed by atoms with Crippen LogP contribution >= 0.6 is 15.9 Å². The van der Waals surface area contributed by atoms with E-state index in [9.17, 15) is 19.7 Å². The first-order valence-electron chi connectivity index (χ1n) is 5.56. The summed E-state index contributed by atoms with van der Waals surface area (Å²) < 4.78 is 0. The highest BCUT2D eigenvalue weighted by molar-refractivity contribution is 9.10. The topological polar surface area (TPSA) is 113 Å². The van der Waals surface area contributed by atoms with Crippen molar-refractivity contribution in [2.75, 3.05) is 0 Å². The predicted molar refractivity (Wildman–Crippen MR) is 74.3 cm³/mol. The Labute approximate surface area is 120 Å². The molecule has 0 saturated carbocycles. The lowest BCUT2D eigenvalue weighted by atomic mass is 10.0. The minimum absolute atomic E-state index is 0.107. The number of aliphatic carboxylic acids is 1. The number of fused-ring (bicyclic) bond motifs is 1. The first-order valence-corrected chi connectivity index (χ1v) is 6.48. The van der Waals surface area contributed by atoms with E-state index in [1.807, 2.05) is 0 Å². The van der Waals surface area contributed by atoms with Crippen LogP contribution in [-0.4, -0.2) is 31.6 Å². The van der Waals surface area contributed by atoms with Gasteiger partial charge in [0, 0.05) is 12.3 Å². The van der Waals surface area contributed by atoms with Crippen LogP contribution in [0.1, 0.15) is 16.8 Å². The van der Waals surface area contributed by atoms with Gasteiger partial charge in [-0.3, -0.25) is 19.7 Å². The molecule has 0 bridgehead atoms. The number of ketones is 1. The van der Waals surface area contributed by atoms with E-state index < -0.39 is 27.9 Å². The molecule has 0 amide bonds. The van der Waals surface area contributed by atoms with E-state index in [1.165, 1.54) is 18.3 Å². The summed E-state index contributed by atoms with van der Waals surface area (Å²) in [6, 6.07) is 4.42. The molecule has 20 heavy (non-hydrogen) atoms. The van der Waals surface area contributed by atoms with Gasteiger partial charge in [-0.15, -0.1) is 0 Å². The van der Waals surface area contributed by atoms with Crippen LogP contribution in [0, 0.1) is 10.1 Å². The molecule has 0 spiro atoms. The highest BCUT2D eigenvalue weighted by Crippen LogP contribution is 2.30. The number of hydrogen-bond acceptors (Lipinski definition) is 4. The van der Waals surface area contributed by atoms with Gasteiger partial charge in [0.15, 0.2) is 5.78 Å². The second-order valence-corrected chi connectivity index (χ2v) is 5.19. The van der Waals surface area contributed by atoms with Gasteiger partial charge < -0.3 is 10.1 Å².